The minimum atomic E-state index is -0.131. The summed E-state index contributed by atoms with van der Waals surface area (Å²) in [6, 6.07) is 1.87. The number of carbonyl (C=O) groups is 1. The molecule has 0 radical (unpaired) electrons. The average molecular weight is 288 g/mol. The van der Waals surface area contributed by atoms with Gasteiger partial charge >= 0.3 is 0 Å². The zero-order chi connectivity index (χ0) is 15.6. The van der Waals surface area contributed by atoms with Gasteiger partial charge in [-0.3, -0.25) is 4.79 Å². The van der Waals surface area contributed by atoms with Crippen LogP contribution in [0.15, 0.2) is 12.3 Å². The van der Waals surface area contributed by atoms with Gasteiger partial charge in [0.15, 0.2) is 0 Å². The highest BCUT2D eigenvalue weighted by molar-refractivity contribution is 5.98. The maximum absolute atomic E-state index is 12.4. The zero-order valence-corrected chi connectivity index (χ0v) is 12.8. The van der Waals surface area contributed by atoms with Crippen LogP contribution in [0.2, 0.25) is 0 Å². The number of carbonyl (C=O) groups excluding carboxylic acids is 1. The van der Waals surface area contributed by atoms with Crippen molar-refractivity contribution in [1.82, 2.24) is 24.6 Å². The van der Waals surface area contributed by atoms with Crippen molar-refractivity contribution in [1.29, 1.82) is 0 Å². The molecule has 0 aliphatic carbocycles. The van der Waals surface area contributed by atoms with Gasteiger partial charge in [-0.05, 0) is 33.8 Å². The maximum Gasteiger partial charge on any atom is 0.259 e. The summed E-state index contributed by atoms with van der Waals surface area (Å²) in [5.41, 5.74) is 8.08. The second kappa shape index (κ2) is 5.90. The first-order chi connectivity index (χ1) is 9.97. The molecule has 0 unspecified atom stereocenters. The molecule has 0 saturated carbocycles. The molecule has 112 valence electrons. The molecule has 0 bridgehead atoms. The second-order valence-electron chi connectivity index (χ2n) is 4.78. The highest BCUT2D eigenvalue weighted by Crippen LogP contribution is 2.17. The second-order valence-corrected chi connectivity index (χ2v) is 4.78. The quantitative estimate of drug-likeness (QED) is 0.917. The van der Waals surface area contributed by atoms with Crippen LogP contribution in [0.4, 0.5) is 5.82 Å². The first kappa shape index (κ1) is 15.0. The van der Waals surface area contributed by atoms with Crippen LogP contribution in [0.3, 0.4) is 0 Å². The molecule has 2 rings (SSSR count). The molecule has 2 aromatic heterocycles. The fourth-order valence-electron chi connectivity index (χ4n) is 2.17. The lowest BCUT2D eigenvalue weighted by molar-refractivity contribution is 0.0774. The minimum absolute atomic E-state index is 0.131. The Morgan fingerprint density at radius 1 is 1.24 bits per heavy atom. The lowest BCUT2D eigenvalue weighted by atomic mass is 10.3. The smallest absolute Gasteiger partial charge is 0.259 e. The van der Waals surface area contributed by atoms with Gasteiger partial charge in [0.05, 0.1) is 6.20 Å². The van der Waals surface area contributed by atoms with Crippen LogP contribution in [0.25, 0.3) is 5.95 Å². The fourth-order valence-corrected chi connectivity index (χ4v) is 2.17. The van der Waals surface area contributed by atoms with Crippen LogP contribution in [0.5, 0.6) is 0 Å². The van der Waals surface area contributed by atoms with Gasteiger partial charge in [0, 0.05) is 24.5 Å². The van der Waals surface area contributed by atoms with Crippen molar-refractivity contribution >= 4 is 11.7 Å². The highest BCUT2D eigenvalue weighted by Gasteiger charge is 2.21. The maximum atomic E-state index is 12.4. The van der Waals surface area contributed by atoms with Crippen LogP contribution < -0.4 is 5.73 Å². The van der Waals surface area contributed by atoms with Crippen LogP contribution in [-0.2, 0) is 0 Å². The van der Waals surface area contributed by atoms with E-state index in [0.717, 1.165) is 11.4 Å². The topological polar surface area (TPSA) is 89.9 Å². The number of aromatic nitrogens is 4. The van der Waals surface area contributed by atoms with Crippen molar-refractivity contribution in [3.05, 3.63) is 29.2 Å². The Balaban J connectivity index is 2.43. The predicted octanol–water partition coefficient (Wildman–Crippen LogP) is 1.34. The largest absolute Gasteiger partial charge is 0.383 e. The van der Waals surface area contributed by atoms with Crippen LogP contribution in [0.1, 0.15) is 35.6 Å². The number of nitrogens with zero attached hydrogens (tertiary/aromatic N) is 5. The van der Waals surface area contributed by atoms with E-state index in [1.54, 1.807) is 4.90 Å². The molecule has 1 amide bonds. The monoisotopic (exact) mass is 288 g/mol. The summed E-state index contributed by atoms with van der Waals surface area (Å²) in [5, 5.41) is 4.16. The van der Waals surface area contributed by atoms with Crippen LogP contribution in [0, 0.1) is 13.8 Å². The van der Waals surface area contributed by atoms with E-state index < -0.39 is 0 Å². The zero-order valence-electron chi connectivity index (χ0n) is 12.8. The molecule has 0 saturated heterocycles. The molecule has 0 aromatic carbocycles. The van der Waals surface area contributed by atoms with Crippen molar-refractivity contribution in [2.24, 2.45) is 0 Å². The van der Waals surface area contributed by atoms with E-state index in [-0.39, 0.29) is 11.7 Å². The summed E-state index contributed by atoms with van der Waals surface area (Å²) in [6.07, 6.45) is 1.47. The van der Waals surface area contributed by atoms with Crippen LogP contribution in [-0.4, -0.2) is 43.6 Å². The summed E-state index contributed by atoms with van der Waals surface area (Å²) < 4.78 is 1.40. The summed E-state index contributed by atoms with van der Waals surface area (Å²) in [4.78, 5) is 22.7. The van der Waals surface area contributed by atoms with Gasteiger partial charge in [-0.1, -0.05) is 0 Å². The number of hydrogen-bond donors (Lipinski definition) is 1. The Morgan fingerprint density at radius 3 is 2.33 bits per heavy atom. The first-order valence-corrected chi connectivity index (χ1v) is 6.93. The van der Waals surface area contributed by atoms with E-state index in [1.165, 1.54) is 10.9 Å². The number of nitrogens with two attached hydrogens (primary N) is 1. The van der Waals surface area contributed by atoms with Crippen molar-refractivity contribution < 1.29 is 4.79 Å². The Bertz CT molecular complexity index is 639. The van der Waals surface area contributed by atoms with Crippen molar-refractivity contribution in [3.8, 4) is 5.95 Å². The Kier molecular flexibility index (Phi) is 4.21. The summed E-state index contributed by atoms with van der Waals surface area (Å²) >= 11 is 0. The number of rotatable bonds is 4. The van der Waals surface area contributed by atoms with Crippen molar-refractivity contribution in [3.63, 3.8) is 0 Å². The molecule has 0 aliphatic heterocycles. The fraction of sp³-hybridized carbons (Fsp3) is 0.429. The molecular formula is C14H20N6O. The van der Waals surface area contributed by atoms with Gasteiger partial charge in [0.1, 0.15) is 11.4 Å². The van der Waals surface area contributed by atoms with E-state index in [9.17, 15) is 4.79 Å². The number of aryl methyl sites for hydroxylation is 2. The standard InChI is InChI=1S/C14H20N6O/c1-5-19(6-2)13(21)11-8-16-20(12(11)15)14-17-9(3)7-10(4)18-14/h7-8H,5-6,15H2,1-4H3. The molecule has 2 heterocycles. The van der Waals surface area contributed by atoms with E-state index in [1.807, 2.05) is 33.8 Å². The minimum Gasteiger partial charge on any atom is -0.383 e. The lowest BCUT2D eigenvalue weighted by Crippen LogP contribution is -2.30. The van der Waals surface area contributed by atoms with Gasteiger partial charge in [0.25, 0.3) is 11.9 Å². The van der Waals surface area contributed by atoms with Gasteiger partial charge < -0.3 is 10.6 Å². The third-order valence-corrected chi connectivity index (χ3v) is 3.25. The Morgan fingerprint density at radius 2 is 1.81 bits per heavy atom. The molecule has 7 nitrogen and oxygen atoms in total. The predicted molar refractivity (Wildman–Crippen MR) is 80.3 cm³/mol. The SMILES string of the molecule is CCN(CC)C(=O)c1cnn(-c2nc(C)cc(C)n2)c1N. The number of nitrogen functional groups attached to an aromatic ring is 1. The summed E-state index contributed by atoms with van der Waals surface area (Å²) in [7, 11) is 0. The molecule has 2 N–H and O–H groups in total. The molecule has 0 aliphatic rings. The Hall–Kier alpha value is -2.44. The summed E-state index contributed by atoms with van der Waals surface area (Å²) in [6.45, 7) is 8.85. The molecular weight excluding hydrogens is 268 g/mol. The van der Waals surface area contributed by atoms with Gasteiger partial charge in [0.2, 0.25) is 0 Å². The molecule has 21 heavy (non-hydrogen) atoms. The highest BCUT2D eigenvalue weighted by atomic mass is 16.2. The van der Waals surface area contributed by atoms with E-state index in [2.05, 4.69) is 15.1 Å². The normalized spacial score (nSPS) is 10.7. The van der Waals surface area contributed by atoms with E-state index >= 15 is 0 Å². The molecule has 0 fully saturated rings. The van der Waals surface area contributed by atoms with Crippen LogP contribution >= 0.6 is 0 Å². The molecule has 2 aromatic rings. The third kappa shape index (κ3) is 2.86. The molecule has 7 heteroatoms. The summed E-state index contributed by atoms with van der Waals surface area (Å²) in [5.74, 6) is 0.508. The number of anilines is 1. The average Bonchev–Trinajstić information content (AvgIpc) is 2.80. The van der Waals surface area contributed by atoms with Crippen molar-refractivity contribution in [2.45, 2.75) is 27.7 Å². The van der Waals surface area contributed by atoms with E-state index in [4.69, 9.17) is 5.73 Å². The molecule has 0 spiro atoms. The molecule has 0 atom stereocenters. The number of hydrogen-bond acceptors (Lipinski definition) is 5. The van der Waals surface area contributed by atoms with Gasteiger partial charge in [-0.25, -0.2) is 9.97 Å². The van der Waals surface area contributed by atoms with Crippen molar-refractivity contribution in [2.75, 3.05) is 18.8 Å². The Labute approximate surface area is 123 Å². The van der Waals surface area contributed by atoms with Gasteiger partial charge in [-0.15, -0.1) is 0 Å². The van der Waals surface area contributed by atoms with E-state index in [0.29, 0.717) is 24.6 Å². The van der Waals surface area contributed by atoms with Gasteiger partial charge in [-0.2, -0.15) is 9.78 Å². The first-order valence-electron chi connectivity index (χ1n) is 6.93. The lowest BCUT2D eigenvalue weighted by Gasteiger charge is -2.17. The third-order valence-electron chi connectivity index (χ3n) is 3.25. The number of amides is 1.